The summed E-state index contributed by atoms with van der Waals surface area (Å²) in [5.41, 5.74) is 0.351. The number of nitrogens with zero attached hydrogens (tertiary/aromatic N) is 1. The molecule has 0 atom stereocenters. The van der Waals surface area contributed by atoms with Gasteiger partial charge in [-0.05, 0) is 41.9 Å². The zero-order chi connectivity index (χ0) is 13.2. The quantitative estimate of drug-likeness (QED) is 0.898. The topological polar surface area (TPSA) is 43.7 Å². The van der Waals surface area contributed by atoms with Crippen molar-refractivity contribution >= 4 is 15.9 Å². The van der Waals surface area contributed by atoms with Crippen molar-refractivity contribution in [1.29, 1.82) is 0 Å². The molecule has 0 amide bonds. The summed E-state index contributed by atoms with van der Waals surface area (Å²) in [6.45, 7) is 1.31. The van der Waals surface area contributed by atoms with Crippen molar-refractivity contribution in [3.63, 3.8) is 0 Å². The van der Waals surface area contributed by atoms with Crippen LogP contribution in [-0.2, 0) is 6.54 Å². The number of aromatic hydroxyl groups is 1. The van der Waals surface area contributed by atoms with Crippen molar-refractivity contribution in [2.45, 2.75) is 37.8 Å². The summed E-state index contributed by atoms with van der Waals surface area (Å²) in [4.78, 5) is 2.08. The van der Waals surface area contributed by atoms with Crippen molar-refractivity contribution in [3.8, 4) is 5.75 Å². The summed E-state index contributed by atoms with van der Waals surface area (Å²) in [7, 11) is 1.98. The van der Waals surface area contributed by atoms with Gasteiger partial charge in [0.25, 0.3) is 0 Å². The first-order chi connectivity index (χ1) is 8.50. The molecule has 2 N–H and O–H groups in total. The van der Waals surface area contributed by atoms with Crippen LogP contribution in [0.4, 0.5) is 0 Å². The van der Waals surface area contributed by atoms with Crippen molar-refractivity contribution < 1.29 is 10.2 Å². The largest absolute Gasteiger partial charge is 0.506 e. The number of likely N-dealkylation sites (N-methyl/N-ethyl adjacent to an activating group) is 1. The first-order valence-electron chi connectivity index (χ1n) is 6.37. The van der Waals surface area contributed by atoms with Crippen molar-refractivity contribution in [2.24, 2.45) is 0 Å². The SMILES string of the molecule is CN(Cc1cccc(Br)c1O)CC1(O)CCCC1. The van der Waals surface area contributed by atoms with Gasteiger partial charge in [-0.15, -0.1) is 0 Å². The number of benzene rings is 1. The second-order valence-corrected chi connectivity index (χ2v) is 6.21. The first kappa shape index (κ1) is 13.8. The van der Waals surface area contributed by atoms with E-state index in [2.05, 4.69) is 20.8 Å². The van der Waals surface area contributed by atoms with Gasteiger partial charge in [0, 0.05) is 18.7 Å². The summed E-state index contributed by atoms with van der Waals surface area (Å²) in [6, 6.07) is 5.65. The molecule has 1 aliphatic carbocycles. The van der Waals surface area contributed by atoms with Gasteiger partial charge >= 0.3 is 0 Å². The predicted octanol–water partition coefficient (Wildman–Crippen LogP) is 2.89. The van der Waals surface area contributed by atoms with Crippen LogP contribution in [0.25, 0.3) is 0 Å². The van der Waals surface area contributed by atoms with Crippen LogP contribution in [0, 0.1) is 0 Å². The summed E-state index contributed by atoms with van der Waals surface area (Å²) < 4.78 is 0.716. The Kier molecular flexibility index (Phi) is 4.30. The van der Waals surface area contributed by atoms with Crippen LogP contribution >= 0.6 is 15.9 Å². The number of phenolic OH excluding ortho intramolecular Hbond substituents is 1. The molecule has 18 heavy (non-hydrogen) atoms. The predicted molar refractivity (Wildman–Crippen MR) is 75.6 cm³/mol. The average Bonchev–Trinajstić information content (AvgIpc) is 2.71. The third kappa shape index (κ3) is 3.25. The number of hydrogen-bond acceptors (Lipinski definition) is 3. The summed E-state index contributed by atoms with van der Waals surface area (Å²) in [5.74, 6) is 0.294. The highest BCUT2D eigenvalue weighted by atomic mass is 79.9. The molecule has 0 spiro atoms. The van der Waals surface area contributed by atoms with Gasteiger partial charge in [0.2, 0.25) is 0 Å². The van der Waals surface area contributed by atoms with Crippen LogP contribution < -0.4 is 0 Å². The Labute approximate surface area is 117 Å². The molecule has 0 saturated heterocycles. The molecule has 0 radical (unpaired) electrons. The van der Waals surface area contributed by atoms with Gasteiger partial charge in [-0.1, -0.05) is 25.0 Å². The lowest BCUT2D eigenvalue weighted by Crippen LogP contribution is -2.38. The maximum atomic E-state index is 10.4. The minimum atomic E-state index is -0.531. The molecule has 0 bridgehead atoms. The minimum Gasteiger partial charge on any atom is -0.506 e. The maximum Gasteiger partial charge on any atom is 0.134 e. The van der Waals surface area contributed by atoms with Crippen LogP contribution in [0.1, 0.15) is 31.2 Å². The standard InChI is InChI=1S/C14H20BrNO2/c1-16(10-14(18)7-2-3-8-14)9-11-5-4-6-12(15)13(11)17/h4-6,17-18H,2-3,7-10H2,1H3. The number of hydrogen-bond donors (Lipinski definition) is 2. The molecule has 1 saturated carbocycles. The monoisotopic (exact) mass is 313 g/mol. The minimum absolute atomic E-state index is 0.294. The molecule has 100 valence electrons. The van der Waals surface area contributed by atoms with E-state index in [-0.39, 0.29) is 0 Å². The molecule has 3 nitrogen and oxygen atoms in total. The molecule has 1 aromatic rings. The number of para-hydroxylation sites is 1. The second-order valence-electron chi connectivity index (χ2n) is 5.35. The third-order valence-electron chi connectivity index (χ3n) is 3.61. The fourth-order valence-electron chi connectivity index (χ4n) is 2.73. The maximum absolute atomic E-state index is 10.4. The summed E-state index contributed by atoms with van der Waals surface area (Å²) in [6.07, 6.45) is 4.02. The lowest BCUT2D eigenvalue weighted by Gasteiger charge is -2.28. The summed E-state index contributed by atoms with van der Waals surface area (Å²) in [5, 5.41) is 20.3. The van der Waals surface area contributed by atoms with E-state index in [4.69, 9.17) is 0 Å². The molecule has 0 aliphatic heterocycles. The van der Waals surface area contributed by atoms with Gasteiger partial charge in [-0.2, -0.15) is 0 Å². The molecule has 2 rings (SSSR count). The highest BCUT2D eigenvalue weighted by Gasteiger charge is 2.32. The Hall–Kier alpha value is -0.580. The fourth-order valence-corrected chi connectivity index (χ4v) is 3.14. The van der Waals surface area contributed by atoms with Crippen LogP contribution in [0.3, 0.4) is 0 Å². The first-order valence-corrected chi connectivity index (χ1v) is 7.17. The van der Waals surface area contributed by atoms with Gasteiger partial charge in [-0.25, -0.2) is 0 Å². The van der Waals surface area contributed by atoms with Gasteiger partial charge in [0.15, 0.2) is 0 Å². The lowest BCUT2D eigenvalue weighted by atomic mass is 10.0. The Bertz CT molecular complexity index is 416. The van der Waals surface area contributed by atoms with Crippen LogP contribution in [-0.4, -0.2) is 34.3 Å². The number of rotatable bonds is 4. The van der Waals surface area contributed by atoms with E-state index in [1.807, 2.05) is 25.2 Å². The van der Waals surface area contributed by atoms with E-state index in [0.717, 1.165) is 31.2 Å². The molecular formula is C14H20BrNO2. The van der Waals surface area contributed by atoms with E-state index >= 15 is 0 Å². The van der Waals surface area contributed by atoms with Gasteiger partial charge < -0.3 is 10.2 Å². The average molecular weight is 314 g/mol. The summed E-state index contributed by atoms with van der Waals surface area (Å²) >= 11 is 3.32. The molecule has 0 heterocycles. The van der Waals surface area contributed by atoms with E-state index in [9.17, 15) is 10.2 Å². The molecule has 1 aliphatic rings. The zero-order valence-corrected chi connectivity index (χ0v) is 12.3. The van der Waals surface area contributed by atoms with E-state index in [1.54, 1.807) is 0 Å². The number of aliphatic hydroxyl groups is 1. The van der Waals surface area contributed by atoms with Gasteiger partial charge in [0.1, 0.15) is 5.75 Å². The number of halogens is 1. The third-order valence-corrected chi connectivity index (χ3v) is 4.25. The Balaban J connectivity index is 1.98. The lowest BCUT2D eigenvalue weighted by molar-refractivity contribution is 0.0144. The van der Waals surface area contributed by atoms with Crippen molar-refractivity contribution in [1.82, 2.24) is 4.90 Å². The van der Waals surface area contributed by atoms with Crippen LogP contribution in [0.2, 0.25) is 0 Å². The van der Waals surface area contributed by atoms with E-state index in [1.165, 1.54) is 0 Å². The van der Waals surface area contributed by atoms with Gasteiger partial charge in [-0.3, -0.25) is 4.90 Å². The second kappa shape index (κ2) is 5.59. The van der Waals surface area contributed by atoms with E-state index in [0.29, 0.717) is 23.3 Å². The Morgan fingerprint density at radius 2 is 2.00 bits per heavy atom. The molecule has 0 unspecified atom stereocenters. The Morgan fingerprint density at radius 1 is 1.33 bits per heavy atom. The molecule has 4 heteroatoms. The molecule has 0 aromatic heterocycles. The molecule has 1 aromatic carbocycles. The smallest absolute Gasteiger partial charge is 0.134 e. The molecular weight excluding hydrogens is 294 g/mol. The van der Waals surface area contributed by atoms with Crippen LogP contribution in [0.5, 0.6) is 5.75 Å². The van der Waals surface area contributed by atoms with Crippen LogP contribution in [0.15, 0.2) is 22.7 Å². The Morgan fingerprint density at radius 3 is 2.67 bits per heavy atom. The number of phenols is 1. The van der Waals surface area contributed by atoms with Gasteiger partial charge in [0.05, 0.1) is 10.1 Å². The fraction of sp³-hybridized carbons (Fsp3) is 0.571. The highest BCUT2D eigenvalue weighted by molar-refractivity contribution is 9.10. The van der Waals surface area contributed by atoms with Crippen molar-refractivity contribution in [3.05, 3.63) is 28.2 Å². The van der Waals surface area contributed by atoms with Crippen molar-refractivity contribution in [2.75, 3.05) is 13.6 Å². The highest BCUT2D eigenvalue weighted by Crippen LogP contribution is 2.32. The normalized spacial score (nSPS) is 18.4. The van der Waals surface area contributed by atoms with E-state index < -0.39 is 5.60 Å². The zero-order valence-electron chi connectivity index (χ0n) is 10.7. The molecule has 1 fully saturated rings.